The Morgan fingerprint density at radius 2 is 1.82 bits per heavy atom. The van der Waals surface area contributed by atoms with E-state index in [9.17, 15) is 14.4 Å². The van der Waals surface area contributed by atoms with Crippen molar-refractivity contribution in [3.05, 3.63) is 78.1 Å². The molecule has 1 aromatic heterocycles. The molecule has 4 rings (SSSR count). The Morgan fingerprint density at radius 1 is 1.12 bits per heavy atom. The number of amides is 4. The molecule has 1 aliphatic rings. The van der Waals surface area contributed by atoms with Crippen molar-refractivity contribution >= 4 is 29.6 Å². The zero-order chi connectivity index (χ0) is 23.6. The van der Waals surface area contributed by atoms with E-state index in [0.29, 0.717) is 16.6 Å². The second kappa shape index (κ2) is 9.11. The van der Waals surface area contributed by atoms with Crippen LogP contribution in [0.1, 0.15) is 37.8 Å². The third-order valence-electron chi connectivity index (χ3n) is 5.54. The molecule has 33 heavy (non-hydrogen) atoms. The van der Waals surface area contributed by atoms with Gasteiger partial charge in [-0.1, -0.05) is 74.1 Å². The molecule has 1 aliphatic heterocycles. The highest BCUT2D eigenvalue weighted by Gasteiger charge is 2.49. The summed E-state index contributed by atoms with van der Waals surface area (Å²) in [6.45, 7) is 5.86. The Balaban J connectivity index is 1.44. The van der Waals surface area contributed by atoms with Gasteiger partial charge in [0.2, 0.25) is 5.91 Å². The molecule has 1 fully saturated rings. The van der Waals surface area contributed by atoms with Gasteiger partial charge in [-0.05, 0) is 30.0 Å². The van der Waals surface area contributed by atoms with Crippen molar-refractivity contribution in [3.8, 4) is 5.69 Å². The topological polar surface area (TPSA) is 96.3 Å². The van der Waals surface area contributed by atoms with E-state index in [-0.39, 0.29) is 5.75 Å². The molecule has 0 spiro atoms. The molecule has 1 saturated heterocycles. The van der Waals surface area contributed by atoms with Crippen LogP contribution in [-0.4, -0.2) is 38.2 Å². The first-order valence-corrected chi connectivity index (χ1v) is 11.6. The standard InChI is InChI=1S/C24H25N5O3S/c1-16(2)18-11-7-8-12-19(18)28-14-13-25-23(28)33-15-20(30)27-29-21(31)24(3,26-22(29)32)17-9-5-4-6-10-17/h4-14,16H,15H2,1-3H3,(H,26,32)(H,27,30). The molecular weight excluding hydrogens is 438 g/mol. The smallest absolute Gasteiger partial charge is 0.318 e. The minimum atomic E-state index is -1.24. The summed E-state index contributed by atoms with van der Waals surface area (Å²) in [5, 5.41) is 4.06. The van der Waals surface area contributed by atoms with Gasteiger partial charge in [-0.3, -0.25) is 19.6 Å². The number of imide groups is 1. The summed E-state index contributed by atoms with van der Waals surface area (Å²) >= 11 is 1.23. The van der Waals surface area contributed by atoms with E-state index in [1.165, 1.54) is 17.3 Å². The van der Waals surface area contributed by atoms with Crippen molar-refractivity contribution in [2.45, 2.75) is 37.4 Å². The zero-order valence-electron chi connectivity index (χ0n) is 18.6. The quantitative estimate of drug-likeness (QED) is 0.412. The fraction of sp³-hybridized carbons (Fsp3) is 0.250. The maximum atomic E-state index is 13.0. The molecule has 2 heterocycles. The summed E-state index contributed by atoms with van der Waals surface area (Å²) in [4.78, 5) is 42.4. The zero-order valence-corrected chi connectivity index (χ0v) is 19.4. The molecule has 0 saturated carbocycles. The number of carbonyl (C=O) groups is 3. The lowest BCUT2D eigenvalue weighted by Gasteiger charge is -2.22. The van der Waals surface area contributed by atoms with Gasteiger partial charge in [-0.2, -0.15) is 5.01 Å². The minimum absolute atomic E-state index is 0.0139. The van der Waals surface area contributed by atoms with Crippen LogP contribution in [0.25, 0.3) is 5.69 Å². The molecular formula is C24H25N5O3S. The molecule has 2 aromatic carbocycles. The van der Waals surface area contributed by atoms with E-state index in [4.69, 9.17) is 0 Å². The van der Waals surface area contributed by atoms with Crippen molar-refractivity contribution in [2.24, 2.45) is 0 Å². The van der Waals surface area contributed by atoms with Gasteiger partial charge in [0.15, 0.2) is 5.16 Å². The van der Waals surface area contributed by atoms with Crippen LogP contribution in [0, 0.1) is 0 Å². The Morgan fingerprint density at radius 3 is 2.55 bits per heavy atom. The fourth-order valence-corrected chi connectivity index (χ4v) is 4.53. The van der Waals surface area contributed by atoms with Crippen molar-refractivity contribution in [1.82, 2.24) is 25.3 Å². The normalized spacial score (nSPS) is 18.0. The number of nitrogens with zero attached hydrogens (tertiary/aromatic N) is 3. The number of para-hydroxylation sites is 1. The Hall–Kier alpha value is -3.59. The average Bonchev–Trinajstić information content (AvgIpc) is 3.37. The van der Waals surface area contributed by atoms with Crippen LogP contribution < -0.4 is 10.7 Å². The van der Waals surface area contributed by atoms with Crippen molar-refractivity contribution in [3.63, 3.8) is 0 Å². The maximum Gasteiger partial charge on any atom is 0.344 e. The van der Waals surface area contributed by atoms with Crippen molar-refractivity contribution in [2.75, 3.05) is 5.75 Å². The molecule has 0 aliphatic carbocycles. The number of thioether (sulfide) groups is 1. The number of benzene rings is 2. The predicted octanol–water partition coefficient (Wildman–Crippen LogP) is 3.59. The van der Waals surface area contributed by atoms with Crippen LogP contribution in [0.2, 0.25) is 0 Å². The first-order valence-electron chi connectivity index (χ1n) is 10.6. The summed E-state index contributed by atoms with van der Waals surface area (Å²) in [5.41, 5.74) is 4.00. The number of hydrogen-bond acceptors (Lipinski definition) is 5. The Kier molecular flexibility index (Phi) is 6.24. The van der Waals surface area contributed by atoms with Gasteiger partial charge in [-0.25, -0.2) is 9.78 Å². The largest absolute Gasteiger partial charge is 0.344 e. The number of nitrogens with one attached hydrogen (secondary N) is 2. The van der Waals surface area contributed by atoms with E-state index >= 15 is 0 Å². The molecule has 3 aromatic rings. The highest BCUT2D eigenvalue weighted by molar-refractivity contribution is 7.99. The van der Waals surface area contributed by atoms with Gasteiger partial charge in [0.05, 0.1) is 11.4 Å². The minimum Gasteiger partial charge on any atom is -0.318 e. The number of imidazole rings is 1. The second-order valence-electron chi connectivity index (χ2n) is 8.18. The van der Waals surface area contributed by atoms with E-state index in [2.05, 4.69) is 35.6 Å². The molecule has 170 valence electrons. The fourth-order valence-electron chi connectivity index (χ4n) is 3.77. The SMILES string of the molecule is CC(C)c1ccccc1-n1ccnc1SCC(=O)NN1C(=O)NC(C)(c2ccccc2)C1=O. The van der Waals surface area contributed by atoms with Crippen molar-refractivity contribution < 1.29 is 14.4 Å². The summed E-state index contributed by atoms with van der Waals surface area (Å²) in [5.74, 6) is -0.708. The molecule has 8 nitrogen and oxygen atoms in total. The van der Waals surface area contributed by atoms with Crippen LogP contribution in [0.5, 0.6) is 0 Å². The van der Waals surface area contributed by atoms with Gasteiger partial charge in [0.1, 0.15) is 5.54 Å². The van der Waals surface area contributed by atoms with E-state index < -0.39 is 23.4 Å². The number of rotatable bonds is 7. The summed E-state index contributed by atoms with van der Waals surface area (Å²) in [7, 11) is 0. The number of urea groups is 1. The third kappa shape index (κ3) is 4.36. The predicted molar refractivity (Wildman–Crippen MR) is 126 cm³/mol. The molecule has 1 atom stereocenters. The highest BCUT2D eigenvalue weighted by Crippen LogP contribution is 2.29. The molecule has 0 radical (unpaired) electrons. The Labute approximate surface area is 196 Å². The van der Waals surface area contributed by atoms with Gasteiger partial charge in [0, 0.05) is 12.4 Å². The first-order chi connectivity index (χ1) is 15.8. The molecule has 1 unspecified atom stereocenters. The van der Waals surface area contributed by atoms with E-state index in [0.717, 1.165) is 10.7 Å². The van der Waals surface area contributed by atoms with Crippen LogP contribution in [0.3, 0.4) is 0 Å². The van der Waals surface area contributed by atoms with E-state index in [1.54, 1.807) is 37.4 Å². The number of aromatic nitrogens is 2. The number of hydrazine groups is 1. The lowest BCUT2D eigenvalue weighted by molar-refractivity contribution is -0.138. The van der Waals surface area contributed by atoms with Gasteiger partial charge in [0.25, 0.3) is 5.91 Å². The van der Waals surface area contributed by atoms with Gasteiger partial charge in [-0.15, -0.1) is 0 Å². The molecule has 2 N–H and O–H groups in total. The average molecular weight is 464 g/mol. The first kappa shape index (κ1) is 22.6. The number of carbonyl (C=O) groups excluding carboxylic acids is 3. The monoisotopic (exact) mass is 463 g/mol. The van der Waals surface area contributed by atoms with Crippen LogP contribution >= 0.6 is 11.8 Å². The Bertz CT molecular complexity index is 1190. The number of hydrogen-bond donors (Lipinski definition) is 2. The summed E-state index contributed by atoms with van der Waals surface area (Å²) < 4.78 is 1.94. The van der Waals surface area contributed by atoms with Crippen molar-refractivity contribution in [1.29, 1.82) is 0 Å². The van der Waals surface area contributed by atoms with E-state index in [1.807, 2.05) is 35.0 Å². The highest BCUT2D eigenvalue weighted by atomic mass is 32.2. The van der Waals surface area contributed by atoms with Crippen LogP contribution in [0.15, 0.2) is 72.1 Å². The molecule has 9 heteroatoms. The third-order valence-corrected chi connectivity index (χ3v) is 6.50. The van der Waals surface area contributed by atoms with Gasteiger partial charge >= 0.3 is 6.03 Å². The van der Waals surface area contributed by atoms with Crippen LogP contribution in [0.4, 0.5) is 4.79 Å². The van der Waals surface area contributed by atoms with Crippen LogP contribution in [-0.2, 0) is 15.1 Å². The summed E-state index contributed by atoms with van der Waals surface area (Å²) in [6.07, 6.45) is 3.53. The second-order valence-corrected chi connectivity index (χ2v) is 9.12. The molecule has 0 bridgehead atoms. The summed E-state index contributed by atoms with van der Waals surface area (Å²) in [6, 6.07) is 16.3. The lowest BCUT2D eigenvalue weighted by atomic mass is 9.92. The van der Waals surface area contributed by atoms with Gasteiger partial charge < -0.3 is 5.32 Å². The maximum absolute atomic E-state index is 13.0. The molecule has 4 amide bonds. The lowest BCUT2D eigenvalue weighted by Crippen LogP contribution is -2.48.